The molecule has 0 spiro atoms. The fourth-order valence-corrected chi connectivity index (χ4v) is 7.72. The van der Waals surface area contributed by atoms with Crippen molar-refractivity contribution in [2.75, 3.05) is 11.9 Å². The third kappa shape index (κ3) is 3.12. The van der Waals surface area contributed by atoms with Crippen LogP contribution < -0.4 is 5.32 Å². The van der Waals surface area contributed by atoms with E-state index in [-0.39, 0.29) is 10.7 Å². The van der Waals surface area contributed by atoms with Gasteiger partial charge in [0.05, 0.1) is 5.25 Å². The van der Waals surface area contributed by atoms with Crippen LogP contribution in [-0.4, -0.2) is 27.8 Å². The standard InChI is InChI=1S/C18H27N3OS2/c1-3-4-19-16-20-21-17(24-16)23-11(2)15(22)18-8-12-5-13(9-18)7-14(6-12)10-18/h11-14H,3-10H2,1-2H3,(H,19,20). The minimum Gasteiger partial charge on any atom is -0.360 e. The second kappa shape index (κ2) is 6.60. The van der Waals surface area contributed by atoms with Crippen molar-refractivity contribution in [3.63, 3.8) is 0 Å². The van der Waals surface area contributed by atoms with Crippen LogP contribution in [0.3, 0.4) is 0 Å². The molecule has 4 nitrogen and oxygen atoms in total. The Labute approximate surface area is 152 Å². The van der Waals surface area contributed by atoms with Gasteiger partial charge in [0.15, 0.2) is 10.1 Å². The molecule has 4 aliphatic rings. The maximum absolute atomic E-state index is 13.3. The highest BCUT2D eigenvalue weighted by Gasteiger charge is 2.55. The molecule has 6 heteroatoms. The Morgan fingerprint density at radius 2 is 1.88 bits per heavy atom. The van der Waals surface area contributed by atoms with E-state index < -0.39 is 0 Å². The van der Waals surface area contributed by atoms with Crippen molar-refractivity contribution in [2.24, 2.45) is 23.2 Å². The summed E-state index contributed by atoms with van der Waals surface area (Å²) < 4.78 is 0.916. The van der Waals surface area contributed by atoms with Crippen molar-refractivity contribution in [1.29, 1.82) is 0 Å². The maximum atomic E-state index is 13.3. The highest BCUT2D eigenvalue weighted by molar-refractivity contribution is 8.02. The summed E-state index contributed by atoms with van der Waals surface area (Å²) in [5.41, 5.74) is -0.00482. The van der Waals surface area contributed by atoms with Gasteiger partial charge in [-0.05, 0) is 69.6 Å². The van der Waals surface area contributed by atoms with Gasteiger partial charge in [-0.1, -0.05) is 30.0 Å². The molecule has 1 heterocycles. The molecule has 0 aliphatic heterocycles. The maximum Gasteiger partial charge on any atom is 0.206 e. The van der Waals surface area contributed by atoms with Crippen LogP contribution in [-0.2, 0) is 4.79 Å². The van der Waals surface area contributed by atoms with E-state index in [4.69, 9.17) is 0 Å². The van der Waals surface area contributed by atoms with Gasteiger partial charge in [-0.2, -0.15) is 0 Å². The number of Topliss-reactive ketones (excluding diaryl/α,β-unsaturated/α-hetero) is 1. The molecular formula is C18H27N3OS2. The predicted octanol–water partition coefficient (Wildman–Crippen LogP) is 4.63. The Kier molecular flexibility index (Phi) is 4.63. The van der Waals surface area contributed by atoms with Gasteiger partial charge in [0.2, 0.25) is 5.13 Å². The lowest BCUT2D eigenvalue weighted by Gasteiger charge is -2.56. The van der Waals surface area contributed by atoms with E-state index in [9.17, 15) is 4.79 Å². The van der Waals surface area contributed by atoms with Gasteiger partial charge >= 0.3 is 0 Å². The molecule has 4 aliphatic carbocycles. The van der Waals surface area contributed by atoms with Gasteiger partial charge < -0.3 is 5.32 Å². The molecule has 1 unspecified atom stereocenters. The SMILES string of the molecule is CCCNc1nnc(SC(C)C(=O)C23CC4CC(CC(C4)C2)C3)s1. The zero-order valence-electron chi connectivity index (χ0n) is 14.6. The van der Waals surface area contributed by atoms with Crippen LogP contribution in [0, 0.1) is 23.2 Å². The summed E-state index contributed by atoms with van der Waals surface area (Å²) in [5, 5.41) is 12.6. The molecule has 0 saturated heterocycles. The van der Waals surface area contributed by atoms with Gasteiger partial charge in [-0.25, -0.2) is 0 Å². The molecule has 24 heavy (non-hydrogen) atoms. The fourth-order valence-electron chi connectivity index (χ4n) is 5.61. The van der Waals surface area contributed by atoms with Crippen molar-refractivity contribution in [3.8, 4) is 0 Å². The van der Waals surface area contributed by atoms with E-state index in [0.29, 0.717) is 5.78 Å². The van der Waals surface area contributed by atoms with E-state index in [1.807, 2.05) is 0 Å². The van der Waals surface area contributed by atoms with Gasteiger partial charge in [-0.15, -0.1) is 10.2 Å². The molecule has 0 aromatic carbocycles. The molecule has 1 aromatic heterocycles. The summed E-state index contributed by atoms with van der Waals surface area (Å²) in [6.45, 7) is 5.13. The lowest BCUT2D eigenvalue weighted by atomic mass is 9.48. The number of ketones is 1. The topological polar surface area (TPSA) is 54.9 Å². The van der Waals surface area contributed by atoms with E-state index in [0.717, 1.165) is 59.5 Å². The Morgan fingerprint density at radius 3 is 2.46 bits per heavy atom. The van der Waals surface area contributed by atoms with Crippen LogP contribution in [0.15, 0.2) is 4.34 Å². The number of hydrogen-bond acceptors (Lipinski definition) is 6. The number of nitrogens with one attached hydrogen (secondary N) is 1. The number of thioether (sulfide) groups is 1. The fraction of sp³-hybridized carbons (Fsp3) is 0.833. The van der Waals surface area contributed by atoms with E-state index >= 15 is 0 Å². The zero-order chi connectivity index (χ0) is 16.7. The molecule has 5 rings (SSSR count). The lowest BCUT2D eigenvalue weighted by Crippen LogP contribution is -2.51. The van der Waals surface area contributed by atoms with Crippen LogP contribution in [0.5, 0.6) is 0 Å². The Morgan fingerprint density at radius 1 is 1.25 bits per heavy atom. The predicted molar refractivity (Wildman–Crippen MR) is 99.6 cm³/mol. The van der Waals surface area contributed by atoms with E-state index in [1.54, 1.807) is 23.1 Å². The number of hydrogen-bond donors (Lipinski definition) is 1. The lowest BCUT2D eigenvalue weighted by molar-refractivity contribution is -0.142. The average Bonchev–Trinajstić information content (AvgIpc) is 2.98. The van der Waals surface area contributed by atoms with E-state index in [1.165, 1.54) is 19.3 Å². The monoisotopic (exact) mass is 365 g/mol. The van der Waals surface area contributed by atoms with Crippen molar-refractivity contribution in [3.05, 3.63) is 0 Å². The molecule has 4 fully saturated rings. The molecule has 132 valence electrons. The second-order valence-electron chi connectivity index (χ2n) is 8.12. The van der Waals surface area contributed by atoms with Crippen LogP contribution in [0.1, 0.15) is 58.8 Å². The normalized spacial score (nSPS) is 35.2. The number of carbonyl (C=O) groups is 1. The minimum absolute atomic E-state index is 0.00482. The van der Waals surface area contributed by atoms with Gasteiger partial charge in [0.1, 0.15) is 0 Å². The smallest absolute Gasteiger partial charge is 0.206 e. The summed E-state index contributed by atoms with van der Waals surface area (Å²) in [6.07, 6.45) is 8.69. The first-order valence-corrected chi connectivity index (χ1v) is 11.1. The number of anilines is 1. The van der Waals surface area contributed by atoms with Gasteiger partial charge in [0.25, 0.3) is 0 Å². The highest BCUT2D eigenvalue weighted by Crippen LogP contribution is 2.61. The molecule has 1 atom stereocenters. The number of carbonyl (C=O) groups excluding carboxylic acids is 1. The third-order valence-electron chi connectivity index (χ3n) is 6.14. The van der Waals surface area contributed by atoms with Crippen LogP contribution in [0.4, 0.5) is 5.13 Å². The average molecular weight is 366 g/mol. The molecule has 1 N–H and O–H groups in total. The number of aromatic nitrogens is 2. The van der Waals surface area contributed by atoms with Crippen molar-refractivity contribution in [2.45, 2.75) is 68.4 Å². The largest absolute Gasteiger partial charge is 0.360 e. The summed E-state index contributed by atoms with van der Waals surface area (Å²) >= 11 is 3.18. The van der Waals surface area contributed by atoms with Crippen LogP contribution >= 0.6 is 23.1 Å². The summed E-state index contributed by atoms with van der Waals surface area (Å²) in [4.78, 5) is 13.3. The molecule has 1 aromatic rings. The minimum atomic E-state index is -0.00627. The highest BCUT2D eigenvalue weighted by atomic mass is 32.2. The second-order valence-corrected chi connectivity index (χ2v) is 10.7. The Bertz CT molecular complexity index is 580. The van der Waals surface area contributed by atoms with E-state index in [2.05, 4.69) is 29.4 Å². The van der Waals surface area contributed by atoms with Crippen molar-refractivity contribution < 1.29 is 4.79 Å². The number of rotatable bonds is 7. The summed E-state index contributed by atoms with van der Waals surface area (Å²) in [6, 6.07) is 0. The summed E-state index contributed by atoms with van der Waals surface area (Å²) in [5.74, 6) is 2.96. The van der Waals surface area contributed by atoms with Crippen LogP contribution in [0.25, 0.3) is 0 Å². The Balaban J connectivity index is 1.42. The first-order chi connectivity index (χ1) is 11.6. The Hall–Kier alpha value is -0.620. The molecule has 4 saturated carbocycles. The third-order valence-corrected chi connectivity index (χ3v) is 8.21. The quantitative estimate of drug-likeness (QED) is 0.714. The summed E-state index contributed by atoms with van der Waals surface area (Å²) in [7, 11) is 0. The first-order valence-electron chi connectivity index (χ1n) is 9.36. The van der Waals surface area contributed by atoms with Gasteiger partial charge in [0, 0.05) is 12.0 Å². The zero-order valence-corrected chi connectivity index (χ0v) is 16.2. The van der Waals surface area contributed by atoms with Crippen LogP contribution in [0.2, 0.25) is 0 Å². The molecule has 0 amide bonds. The molecular weight excluding hydrogens is 338 g/mol. The molecule has 0 radical (unpaired) electrons. The van der Waals surface area contributed by atoms with Gasteiger partial charge in [-0.3, -0.25) is 4.79 Å². The first kappa shape index (κ1) is 16.8. The molecule has 4 bridgehead atoms. The number of nitrogens with zero attached hydrogens (tertiary/aromatic N) is 2. The van der Waals surface area contributed by atoms with Crippen molar-refractivity contribution in [1.82, 2.24) is 10.2 Å². The van der Waals surface area contributed by atoms with Crippen molar-refractivity contribution >= 4 is 34.0 Å².